The number of fused-ring (bicyclic) bond motifs is 1. The zero-order valence-electron chi connectivity index (χ0n) is 9.58. The van der Waals surface area contributed by atoms with Gasteiger partial charge in [0.05, 0.1) is 11.3 Å². The van der Waals surface area contributed by atoms with Crippen LogP contribution in [0.3, 0.4) is 0 Å². The van der Waals surface area contributed by atoms with Crippen LogP contribution in [0.5, 0.6) is 5.75 Å². The van der Waals surface area contributed by atoms with Crippen molar-refractivity contribution in [3.8, 4) is 5.75 Å². The molecule has 1 aromatic carbocycles. The Bertz CT molecular complexity index is 678. The van der Waals surface area contributed by atoms with Gasteiger partial charge >= 0.3 is 5.97 Å². The van der Waals surface area contributed by atoms with Crippen LogP contribution in [0, 0.1) is 0 Å². The molecule has 0 saturated carbocycles. The van der Waals surface area contributed by atoms with E-state index in [1.165, 1.54) is 4.57 Å². The van der Waals surface area contributed by atoms with Gasteiger partial charge in [-0.15, -0.1) is 11.8 Å². The second-order valence-electron chi connectivity index (χ2n) is 3.74. The monoisotopic (exact) mass is 265 g/mol. The Morgan fingerprint density at radius 3 is 2.72 bits per heavy atom. The third kappa shape index (κ3) is 2.06. The summed E-state index contributed by atoms with van der Waals surface area (Å²) in [6.07, 6.45) is 0. The summed E-state index contributed by atoms with van der Waals surface area (Å²) in [5, 5.41) is 19.2. The molecule has 0 atom stereocenters. The van der Waals surface area contributed by atoms with E-state index in [0.29, 0.717) is 10.9 Å². The van der Waals surface area contributed by atoms with E-state index in [0.717, 1.165) is 11.8 Å². The number of rotatable bonds is 3. The van der Waals surface area contributed by atoms with Crippen LogP contribution in [0.4, 0.5) is 0 Å². The smallest absolute Gasteiger partial charge is 0.313 e. The van der Waals surface area contributed by atoms with E-state index in [2.05, 4.69) is 0 Å². The molecule has 0 aliphatic rings. The summed E-state index contributed by atoms with van der Waals surface area (Å²) in [6, 6.07) is 6.93. The molecule has 18 heavy (non-hydrogen) atoms. The molecule has 0 amide bonds. The van der Waals surface area contributed by atoms with Gasteiger partial charge in [-0.1, -0.05) is 12.1 Å². The number of thioether (sulfide) groups is 1. The average Bonchev–Trinajstić information content (AvgIpc) is 2.36. The number of benzene rings is 1. The Balaban J connectivity index is 2.67. The average molecular weight is 265 g/mol. The number of aromatic hydroxyl groups is 1. The molecule has 6 heteroatoms. The molecule has 2 N–H and O–H groups in total. The number of aromatic nitrogens is 1. The quantitative estimate of drug-likeness (QED) is 0.820. The van der Waals surface area contributed by atoms with Gasteiger partial charge in [0.1, 0.15) is 10.6 Å². The highest BCUT2D eigenvalue weighted by atomic mass is 32.2. The number of carbonyl (C=O) groups is 1. The minimum Gasteiger partial charge on any atom is -0.506 e. The van der Waals surface area contributed by atoms with Crippen molar-refractivity contribution in [3.05, 3.63) is 34.6 Å². The third-order valence-corrected chi connectivity index (χ3v) is 3.62. The first kappa shape index (κ1) is 12.5. The molecule has 2 aromatic rings. The van der Waals surface area contributed by atoms with Crippen molar-refractivity contribution in [1.82, 2.24) is 4.57 Å². The lowest BCUT2D eigenvalue weighted by Crippen LogP contribution is -2.19. The van der Waals surface area contributed by atoms with Crippen molar-refractivity contribution in [2.45, 2.75) is 4.90 Å². The number of aliphatic carboxylic acids is 1. The van der Waals surface area contributed by atoms with Gasteiger partial charge < -0.3 is 14.8 Å². The predicted octanol–water partition coefficient (Wildman–Crippen LogP) is 1.42. The minimum absolute atomic E-state index is 0.0681. The summed E-state index contributed by atoms with van der Waals surface area (Å²) in [5.41, 5.74) is 0.220. The maximum Gasteiger partial charge on any atom is 0.313 e. The molecule has 0 aliphatic heterocycles. The molecule has 0 unspecified atom stereocenters. The van der Waals surface area contributed by atoms with Crippen LogP contribution in [0.2, 0.25) is 0 Å². The van der Waals surface area contributed by atoms with Gasteiger partial charge in [0, 0.05) is 12.4 Å². The molecule has 1 heterocycles. The highest BCUT2D eigenvalue weighted by molar-refractivity contribution is 8.00. The number of pyridine rings is 1. The van der Waals surface area contributed by atoms with Gasteiger partial charge in [0.25, 0.3) is 5.56 Å². The summed E-state index contributed by atoms with van der Waals surface area (Å²) in [7, 11) is 1.59. The SMILES string of the molecule is Cn1c(=O)c(SCC(=O)O)c(O)c2ccccc21. The zero-order valence-corrected chi connectivity index (χ0v) is 10.4. The van der Waals surface area contributed by atoms with E-state index >= 15 is 0 Å². The first-order valence-corrected chi connectivity index (χ1v) is 6.16. The first-order valence-electron chi connectivity index (χ1n) is 5.17. The van der Waals surface area contributed by atoms with Gasteiger partial charge in [-0.3, -0.25) is 9.59 Å². The predicted molar refractivity (Wildman–Crippen MR) is 69.2 cm³/mol. The van der Waals surface area contributed by atoms with Crippen LogP contribution in [0.1, 0.15) is 0 Å². The lowest BCUT2D eigenvalue weighted by Gasteiger charge is -2.10. The van der Waals surface area contributed by atoms with Crippen LogP contribution in [0.15, 0.2) is 34.0 Å². The normalized spacial score (nSPS) is 10.7. The maximum atomic E-state index is 12.0. The summed E-state index contributed by atoms with van der Waals surface area (Å²) >= 11 is 0.828. The number of nitrogens with zero attached hydrogens (tertiary/aromatic N) is 1. The molecule has 1 aromatic heterocycles. The molecular formula is C12H11NO4S. The number of para-hydroxylation sites is 1. The highest BCUT2D eigenvalue weighted by Crippen LogP contribution is 2.31. The molecule has 0 radical (unpaired) electrons. The van der Waals surface area contributed by atoms with E-state index in [1.54, 1.807) is 31.3 Å². The standard InChI is InChI=1S/C12H11NO4S/c1-13-8-5-3-2-4-7(8)10(16)11(12(13)17)18-6-9(14)15/h2-5,16H,6H2,1H3,(H,14,15). The molecule has 0 spiro atoms. The Hall–Kier alpha value is -1.95. The van der Waals surface area contributed by atoms with Gasteiger partial charge in [-0.2, -0.15) is 0 Å². The Labute approximate surface area is 107 Å². The molecule has 0 fully saturated rings. The van der Waals surface area contributed by atoms with Gasteiger partial charge in [-0.25, -0.2) is 0 Å². The fourth-order valence-electron chi connectivity index (χ4n) is 1.72. The lowest BCUT2D eigenvalue weighted by atomic mass is 10.2. The van der Waals surface area contributed by atoms with Gasteiger partial charge in [0.15, 0.2) is 0 Å². The molecular weight excluding hydrogens is 254 g/mol. The van der Waals surface area contributed by atoms with Crippen molar-refractivity contribution in [3.63, 3.8) is 0 Å². The molecule has 5 nitrogen and oxygen atoms in total. The number of aryl methyl sites for hydroxylation is 1. The van der Waals surface area contributed by atoms with Crippen molar-refractivity contribution < 1.29 is 15.0 Å². The van der Waals surface area contributed by atoms with Crippen molar-refractivity contribution in [2.75, 3.05) is 5.75 Å². The minimum atomic E-state index is -1.03. The van der Waals surface area contributed by atoms with Crippen molar-refractivity contribution in [2.24, 2.45) is 7.05 Å². The van der Waals surface area contributed by atoms with E-state index in [1.807, 2.05) is 0 Å². The van der Waals surface area contributed by atoms with Crippen LogP contribution >= 0.6 is 11.8 Å². The summed E-state index contributed by atoms with van der Waals surface area (Å²) in [5.74, 6) is -1.45. The van der Waals surface area contributed by atoms with Gasteiger partial charge in [0.2, 0.25) is 0 Å². The first-order chi connectivity index (χ1) is 8.52. The summed E-state index contributed by atoms with van der Waals surface area (Å²) in [4.78, 5) is 22.6. The fraction of sp³-hybridized carbons (Fsp3) is 0.167. The number of carboxylic acid groups (broad SMARTS) is 1. The molecule has 0 aliphatic carbocycles. The van der Waals surface area contributed by atoms with E-state index in [9.17, 15) is 14.7 Å². The maximum absolute atomic E-state index is 12.0. The molecule has 0 bridgehead atoms. The summed E-state index contributed by atoms with van der Waals surface area (Å²) < 4.78 is 1.40. The summed E-state index contributed by atoms with van der Waals surface area (Å²) in [6.45, 7) is 0. The third-order valence-electron chi connectivity index (χ3n) is 2.57. The van der Waals surface area contributed by atoms with Crippen LogP contribution in [-0.2, 0) is 11.8 Å². The number of carboxylic acids is 1. The molecule has 0 saturated heterocycles. The topological polar surface area (TPSA) is 79.5 Å². The van der Waals surface area contributed by atoms with Crippen LogP contribution < -0.4 is 5.56 Å². The van der Waals surface area contributed by atoms with E-state index < -0.39 is 11.5 Å². The van der Waals surface area contributed by atoms with Crippen LogP contribution in [0.25, 0.3) is 10.9 Å². The zero-order chi connectivity index (χ0) is 13.3. The number of hydrogen-bond acceptors (Lipinski definition) is 4. The second kappa shape index (κ2) is 4.73. The van der Waals surface area contributed by atoms with E-state index in [-0.39, 0.29) is 16.4 Å². The Kier molecular flexibility index (Phi) is 3.29. The van der Waals surface area contributed by atoms with E-state index in [4.69, 9.17) is 5.11 Å². The Morgan fingerprint density at radius 1 is 1.39 bits per heavy atom. The Morgan fingerprint density at radius 2 is 2.06 bits per heavy atom. The van der Waals surface area contributed by atoms with Crippen LogP contribution in [-0.4, -0.2) is 26.5 Å². The largest absolute Gasteiger partial charge is 0.506 e. The van der Waals surface area contributed by atoms with Crippen molar-refractivity contribution >= 4 is 28.6 Å². The van der Waals surface area contributed by atoms with Crippen molar-refractivity contribution in [1.29, 1.82) is 0 Å². The second-order valence-corrected chi connectivity index (χ2v) is 4.73. The molecule has 94 valence electrons. The highest BCUT2D eigenvalue weighted by Gasteiger charge is 2.15. The lowest BCUT2D eigenvalue weighted by molar-refractivity contribution is -0.133. The number of hydrogen-bond donors (Lipinski definition) is 2. The van der Waals surface area contributed by atoms with Gasteiger partial charge in [-0.05, 0) is 12.1 Å². The molecule has 2 rings (SSSR count). The fourth-order valence-corrected chi connectivity index (χ4v) is 2.49.